The van der Waals surface area contributed by atoms with Crippen LogP contribution in [0.4, 0.5) is 4.79 Å². The number of ether oxygens (including phenoxy) is 2. The van der Waals surface area contributed by atoms with E-state index in [2.05, 4.69) is 6.92 Å². The third-order valence-electron chi connectivity index (χ3n) is 4.60. The zero-order valence-corrected chi connectivity index (χ0v) is 15.0. The highest BCUT2D eigenvalue weighted by atomic mass is 16.7. The number of benzene rings is 1. The van der Waals surface area contributed by atoms with Crippen LogP contribution in [0.1, 0.15) is 43.4 Å². The predicted molar refractivity (Wildman–Crippen MR) is 91.6 cm³/mol. The van der Waals surface area contributed by atoms with Gasteiger partial charge >= 0.3 is 6.16 Å². The Labute approximate surface area is 143 Å². The average molecular weight is 333 g/mol. The summed E-state index contributed by atoms with van der Waals surface area (Å²) in [5.74, 6) is 0.405. The minimum Gasteiger partial charge on any atom is -0.435 e. The van der Waals surface area contributed by atoms with Gasteiger partial charge in [0.25, 0.3) is 0 Å². The maximum atomic E-state index is 12.8. The molecule has 1 saturated heterocycles. The van der Waals surface area contributed by atoms with Crippen molar-refractivity contribution < 1.29 is 19.1 Å². The van der Waals surface area contributed by atoms with Gasteiger partial charge in [-0.05, 0) is 49.8 Å². The summed E-state index contributed by atoms with van der Waals surface area (Å²) in [5, 5.41) is 0. The molecule has 1 amide bonds. The van der Waals surface area contributed by atoms with Gasteiger partial charge in [0.15, 0.2) is 6.23 Å². The Kier molecular flexibility index (Phi) is 6.23. The van der Waals surface area contributed by atoms with E-state index in [4.69, 9.17) is 9.47 Å². The monoisotopic (exact) mass is 333 g/mol. The first-order valence-corrected chi connectivity index (χ1v) is 8.60. The minimum atomic E-state index is -0.707. The van der Waals surface area contributed by atoms with Crippen LogP contribution in [0.3, 0.4) is 0 Å². The number of hydrogen-bond acceptors (Lipinski definition) is 4. The van der Waals surface area contributed by atoms with Crippen LogP contribution in [0.2, 0.25) is 0 Å². The van der Waals surface area contributed by atoms with Crippen LogP contribution in [0.25, 0.3) is 0 Å². The number of carbonyl (C=O) groups is 2. The number of carbonyl (C=O) groups excluding carboxylic acids is 2. The van der Waals surface area contributed by atoms with E-state index in [0.29, 0.717) is 25.3 Å². The molecule has 1 fully saturated rings. The summed E-state index contributed by atoms with van der Waals surface area (Å²) >= 11 is 0. The lowest BCUT2D eigenvalue weighted by Gasteiger charge is -2.37. The first-order valence-electron chi connectivity index (χ1n) is 8.60. The van der Waals surface area contributed by atoms with Crippen LogP contribution in [0.15, 0.2) is 18.2 Å². The van der Waals surface area contributed by atoms with Crippen LogP contribution in [0, 0.1) is 19.8 Å². The topological polar surface area (TPSA) is 55.8 Å². The largest absolute Gasteiger partial charge is 0.510 e. The summed E-state index contributed by atoms with van der Waals surface area (Å²) in [6, 6.07) is 6.02. The van der Waals surface area contributed by atoms with Crippen molar-refractivity contribution in [1.29, 1.82) is 0 Å². The Hall–Kier alpha value is -2.04. The van der Waals surface area contributed by atoms with Gasteiger partial charge in [-0.15, -0.1) is 0 Å². The van der Waals surface area contributed by atoms with Crippen molar-refractivity contribution in [3.8, 4) is 0 Å². The molecule has 1 aromatic carbocycles. The Balaban J connectivity index is 2.11. The van der Waals surface area contributed by atoms with Crippen molar-refractivity contribution in [3.63, 3.8) is 0 Å². The summed E-state index contributed by atoms with van der Waals surface area (Å²) in [6.45, 7) is 8.73. The number of amides is 1. The number of piperidine rings is 1. The lowest BCUT2D eigenvalue weighted by atomic mass is 9.95. The molecular weight excluding hydrogens is 306 g/mol. The van der Waals surface area contributed by atoms with Crippen molar-refractivity contribution in [2.75, 3.05) is 13.2 Å². The Bertz CT molecular complexity index is 579. The molecule has 1 aromatic rings. The molecule has 0 radical (unpaired) electrons. The molecule has 24 heavy (non-hydrogen) atoms. The van der Waals surface area contributed by atoms with Gasteiger partial charge in [-0.3, -0.25) is 4.79 Å². The van der Waals surface area contributed by atoms with E-state index in [1.165, 1.54) is 0 Å². The molecule has 1 heterocycles. The Morgan fingerprint density at radius 2 is 1.92 bits per heavy atom. The molecule has 2 rings (SSSR count). The molecule has 1 aliphatic heterocycles. The molecule has 0 aliphatic carbocycles. The maximum absolute atomic E-state index is 12.8. The lowest BCUT2D eigenvalue weighted by molar-refractivity contribution is -0.147. The summed E-state index contributed by atoms with van der Waals surface area (Å²) in [6.07, 6.45) is 0.653. The fraction of sp³-hybridized carbons (Fsp3) is 0.579. The molecule has 5 nitrogen and oxygen atoms in total. The lowest BCUT2D eigenvalue weighted by Crippen LogP contribution is -2.48. The standard InChI is InChI=1S/C19H27NO4/c1-5-23-19(22)24-18-11-13(2)9-10-20(18)17(21)12-16-14(3)7-6-8-15(16)4/h6-8,13,18H,5,9-12H2,1-4H3. The maximum Gasteiger partial charge on any atom is 0.510 e. The number of rotatable bonds is 4. The van der Waals surface area contributed by atoms with Crippen LogP contribution < -0.4 is 0 Å². The smallest absolute Gasteiger partial charge is 0.435 e. The van der Waals surface area contributed by atoms with Gasteiger partial charge in [-0.1, -0.05) is 25.1 Å². The number of aryl methyl sites for hydroxylation is 2. The average Bonchev–Trinajstić information content (AvgIpc) is 2.51. The van der Waals surface area contributed by atoms with Crippen LogP contribution in [0.5, 0.6) is 0 Å². The minimum absolute atomic E-state index is 0.00593. The van der Waals surface area contributed by atoms with Crippen molar-refractivity contribution in [2.24, 2.45) is 5.92 Å². The van der Waals surface area contributed by atoms with Crippen LogP contribution >= 0.6 is 0 Å². The second kappa shape index (κ2) is 8.18. The summed E-state index contributed by atoms with van der Waals surface area (Å²) < 4.78 is 10.2. The molecule has 0 spiro atoms. The quantitative estimate of drug-likeness (QED) is 0.790. The van der Waals surface area contributed by atoms with E-state index in [1.807, 2.05) is 32.0 Å². The van der Waals surface area contributed by atoms with E-state index in [1.54, 1.807) is 11.8 Å². The van der Waals surface area contributed by atoms with Gasteiger partial charge in [0.2, 0.25) is 5.91 Å². The summed E-state index contributed by atoms with van der Waals surface area (Å²) in [7, 11) is 0. The number of hydrogen-bond donors (Lipinski definition) is 0. The molecule has 1 aliphatic rings. The molecule has 2 atom stereocenters. The van der Waals surface area contributed by atoms with Gasteiger partial charge in [0, 0.05) is 13.0 Å². The molecule has 0 bridgehead atoms. The van der Waals surface area contributed by atoms with Crippen molar-refractivity contribution in [2.45, 2.75) is 53.2 Å². The van der Waals surface area contributed by atoms with Gasteiger partial charge in [-0.25, -0.2) is 4.79 Å². The normalized spacial score (nSPS) is 20.6. The van der Waals surface area contributed by atoms with Gasteiger partial charge in [0.1, 0.15) is 0 Å². The van der Waals surface area contributed by atoms with E-state index in [0.717, 1.165) is 23.1 Å². The first kappa shape index (κ1) is 18.3. The zero-order valence-electron chi connectivity index (χ0n) is 15.0. The first-order chi connectivity index (χ1) is 11.4. The molecule has 132 valence electrons. The summed E-state index contributed by atoms with van der Waals surface area (Å²) in [5.41, 5.74) is 3.27. The highest BCUT2D eigenvalue weighted by Gasteiger charge is 2.33. The molecule has 0 N–H and O–H groups in total. The van der Waals surface area contributed by atoms with Crippen molar-refractivity contribution in [3.05, 3.63) is 34.9 Å². The SMILES string of the molecule is CCOC(=O)OC1CC(C)CCN1C(=O)Cc1c(C)cccc1C. The number of nitrogens with zero attached hydrogens (tertiary/aromatic N) is 1. The van der Waals surface area contributed by atoms with Crippen molar-refractivity contribution >= 4 is 12.1 Å². The molecule has 2 unspecified atom stereocenters. The van der Waals surface area contributed by atoms with E-state index >= 15 is 0 Å². The third kappa shape index (κ3) is 4.49. The molecular formula is C19H27NO4. The fourth-order valence-corrected chi connectivity index (χ4v) is 3.13. The molecule has 5 heteroatoms. The van der Waals surface area contributed by atoms with E-state index in [9.17, 15) is 9.59 Å². The zero-order chi connectivity index (χ0) is 17.7. The van der Waals surface area contributed by atoms with Gasteiger partial charge < -0.3 is 14.4 Å². The van der Waals surface area contributed by atoms with Crippen molar-refractivity contribution in [1.82, 2.24) is 4.90 Å². The second-order valence-corrected chi connectivity index (χ2v) is 6.52. The van der Waals surface area contributed by atoms with Crippen LogP contribution in [-0.2, 0) is 20.7 Å². The highest BCUT2D eigenvalue weighted by Crippen LogP contribution is 2.25. The summed E-state index contributed by atoms with van der Waals surface area (Å²) in [4.78, 5) is 26.2. The third-order valence-corrected chi connectivity index (χ3v) is 4.60. The van der Waals surface area contributed by atoms with Gasteiger partial charge in [-0.2, -0.15) is 0 Å². The fourth-order valence-electron chi connectivity index (χ4n) is 3.13. The highest BCUT2D eigenvalue weighted by molar-refractivity contribution is 5.80. The Morgan fingerprint density at radius 1 is 1.25 bits per heavy atom. The van der Waals surface area contributed by atoms with E-state index in [-0.39, 0.29) is 12.5 Å². The predicted octanol–water partition coefficient (Wildman–Crippen LogP) is 3.60. The van der Waals surface area contributed by atoms with Crippen LogP contribution in [-0.4, -0.2) is 36.3 Å². The molecule has 0 aromatic heterocycles. The second-order valence-electron chi connectivity index (χ2n) is 6.52. The Morgan fingerprint density at radius 3 is 2.54 bits per heavy atom. The molecule has 0 saturated carbocycles. The van der Waals surface area contributed by atoms with E-state index < -0.39 is 12.4 Å². The van der Waals surface area contributed by atoms with Gasteiger partial charge in [0.05, 0.1) is 13.0 Å². The number of likely N-dealkylation sites (tertiary alicyclic amines) is 1.